The summed E-state index contributed by atoms with van der Waals surface area (Å²) in [6.45, 7) is 4.31. The fourth-order valence-electron chi connectivity index (χ4n) is 1.81. The van der Waals surface area contributed by atoms with Gasteiger partial charge in [-0.25, -0.2) is 0 Å². The Morgan fingerprint density at radius 3 is 2.62 bits per heavy atom. The molecule has 0 saturated heterocycles. The minimum atomic E-state index is 0. The molecule has 0 unspecified atom stereocenters. The molecule has 2 aromatic carbocycles. The molecule has 5 heteroatoms. The Morgan fingerprint density at radius 2 is 1.90 bits per heavy atom. The van der Waals surface area contributed by atoms with Gasteiger partial charge in [-0.05, 0) is 36.4 Å². The molecule has 0 aliphatic rings. The monoisotopic (exact) mass is 345 g/mol. The van der Waals surface area contributed by atoms with Gasteiger partial charge in [0.15, 0.2) is 0 Å². The first kappa shape index (κ1) is 18.1. The van der Waals surface area contributed by atoms with Crippen LogP contribution in [0.15, 0.2) is 42.5 Å². The van der Waals surface area contributed by atoms with Crippen molar-refractivity contribution in [2.75, 3.05) is 6.54 Å². The van der Waals surface area contributed by atoms with E-state index in [1.165, 1.54) is 5.56 Å². The summed E-state index contributed by atoms with van der Waals surface area (Å²) in [5, 5.41) is 4.55. The van der Waals surface area contributed by atoms with Gasteiger partial charge in [0.1, 0.15) is 12.4 Å². The van der Waals surface area contributed by atoms with Crippen molar-refractivity contribution in [2.45, 2.75) is 20.1 Å². The van der Waals surface area contributed by atoms with Gasteiger partial charge in [-0.15, -0.1) is 12.4 Å². The van der Waals surface area contributed by atoms with Gasteiger partial charge in [-0.1, -0.05) is 48.3 Å². The van der Waals surface area contributed by atoms with E-state index in [4.69, 9.17) is 27.9 Å². The van der Waals surface area contributed by atoms with Gasteiger partial charge >= 0.3 is 0 Å². The maximum atomic E-state index is 6.12. The Balaban J connectivity index is 0.00000220. The lowest BCUT2D eigenvalue weighted by molar-refractivity contribution is 0.306. The third kappa shape index (κ3) is 5.76. The molecule has 0 fully saturated rings. The van der Waals surface area contributed by atoms with Crippen LogP contribution in [0.1, 0.15) is 18.1 Å². The highest BCUT2D eigenvalue weighted by Crippen LogP contribution is 2.23. The summed E-state index contributed by atoms with van der Waals surface area (Å²) in [4.78, 5) is 0. The summed E-state index contributed by atoms with van der Waals surface area (Å²) in [6, 6.07) is 13.5. The van der Waals surface area contributed by atoms with Gasteiger partial charge in [0.05, 0.1) is 0 Å². The molecule has 0 aromatic heterocycles. The highest BCUT2D eigenvalue weighted by molar-refractivity contribution is 6.35. The number of hydrogen-bond acceptors (Lipinski definition) is 2. The van der Waals surface area contributed by atoms with Crippen LogP contribution in [-0.4, -0.2) is 6.54 Å². The molecule has 0 spiro atoms. The van der Waals surface area contributed by atoms with E-state index in [-0.39, 0.29) is 12.4 Å². The van der Waals surface area contributed by atoms with E-state index in [0.717, 1.165) is 24.4 Å². The summed E-state index contributed by atoms with van der Waals surface area (Å²) >= 11 is 12.0. The Labute approximate surface area is 141 Å². The van der Waals surface area contributed by atoms with E-state index in [0.29, 0.717) is 16.7 Å². The lowest BCUT2D eigenvalue weighted by atomic mass is 10.2. The lowest BCUT2D eigenvalue weighted by Crippen LogP contribution is -2.11. The molecule has 1 N–H and O–H groups in total. The molecule has 0 radical (unpaired) electrons. The maximum Gasteiger partial charge on any atom is 0.120 e. The number of nitrogens with one attached hydrogen (secondary N) is 1. The van der Waals surface area contributed by atoms with Crippen LogP contribution in [0.3, 0.4) is 0 Å². The predicted octanol–water partition coefficient (Wildman–Crippen LogP) is 5.10. The van der Waals surface area contributed by atoms with E-state index in [1.54, 1.807) is 6.07 Å². The van der Waals surface area contributed by atoms with E-state index < -0.39 is 0 Å². The fourth-order valence-corrected chi connectivity index (χ4v) is 2.28. The Kier molecular flexibility index (Phi) is 7.91. The van der Waals surface area contributed by atoms with Gasteiger partial charge in [0, 0.05) is 22.2 Å². The molecule has 2 nitrogen and oxygen atoms in total. The van der Waals surface area contributed by atoms with Gasteiger partial charge in [0.25, 0.3) is 0 Å². The average Bonchev–Trinajstić information content (AvgIpc) is 2.45. The third-order valence-electron chi connectivity index (χ3n) is 2.89. The zero-order valence-corrected chi connectivity index (χ0v) is 14.1. The van der Waals surface area contributed by atoms with Crippen molar-refractivity contribution in [3.8, 4) is 5.75 Å². The molecule has 0 bridgehead atoms. The molecular weight excluding hydrogens is 329 g/mol. The molecule has 0 amide bonds. The standard InChI is InChI=1S/C16H17Cl2NO.ClH/c1-2-19-10-12-4-3-5-15(8-12)20-11-13-6-7-14(17)9-16(13)18;/h3-9,19H,2,10-11H2,1H3;1H. The second-order valence-electron chi connectivity index (χ2n) is 4.45. The summed E-state index contributed by atoms with van der Waals surface area (Å²) < 4.78 is 5.78. The Bertz CT molecular complexity index is 575. The molecule has 0 heterocycles. The Hall–Kier alpha value is -0.930. The lowest BCUT2D eigenvalue weighted by Gasteiger charge is -2.10. The van der Waals surface area contributed by atoms with Crippen LogP contribution in [0.4, 0.5) is 0 Å². The zero-order chi connectivity index (χ0) is 14.4. The van der Waals surface area contributed by atoms with Gasteiger partial charge in [0.2, 0.25) is 0 Å². The van der Waals surface area contributed by atoms with Crippen molar-refractivity contribution in [2.24, 2.45) is 0 Å². The van der Waals surface area contributed by atoms with Crippen molar-refractivity contribution in [1.29, 1.82) is 0 Å². The molecule has 114 valence electrons. The maximum absolute atomic E-state index is 6.12. The van der Waals surface area contributed by atoms with Crippen LogP contribution in [0.2, 0.25) is 10.0 Å². The minimum Gasteiger partial charge on any atom is -0.489 e. The van der Waals surface area contributed by atoms with Gasteiger partial charge < -0.3 is 10.1 Å². The normalized spacial score (nSPS) is 10.0. The topological polar surface area (TPSA) is 21.3 Å². The second kappa shape index (κ2) is 9.16. The molecule has 0 aliphatic carbocycles. The second-order valence-corrected chi connectivity index (χ2v) is 5.30. The summed E-state index contributed by atoms with van der Waals surface area (Å²) in [7, 11) is 0. The van der Waals surface area contributed by atoms with Gasteiger partial charge in [-0.2, -0.15) is 0 Å². The van der Waals surface area contributed by atoms with Crippen molar-refractivity contribution < 1.29 is 4.74 Å². The molecule has 2 aromatic rings. The number of hydrogen-bond donors (Lipinski definition) is 1. The van der Waals surface area contributed by atoms with Gasteiger partial charge in [-0.3, -0.25) is 0 Å². The van der Waals surface area contributed by atoms with E-state index in [9.17, 15) is 0 Å². The van der Waals surface area contributed by atoms with E-state index in [1.807, 2.05) is 30.3 Å². The van der Waals surface area contributed by atoms with Crippen LogP contribution in [0.5, 0.6) is 5.75 Å². The summed E-state index contributed by atoms with van der Waals surface area (Å²) in [6.07, 6.45) is 0. The third-order valence-corrected chi connectivity index (χ3v) is 3.47. The number of benzene rings is 2. The molecule has 2 rings (SSSR count). The van der Waals surface area contributed by atoms with Crippen molar-refractivity contribution in [1.82, 2.24) is 5.32 Å². The SMILES string of the molecule is CCNCc1cccc(OCc2ccc(Cl)cc2Cl)c1.Cl. The van der Waals surface area contributed by atoms with E-state index >= 15 is 0 Å². The first-order valence-electron chi connectivity index (χ1n) is 6.55. The predicted molar refractivity (Wildman–Crippen MR) is 91.9 cm³/mol. The van der Waals surface area contributed by atoms with Crippen LogP contribution >= 0.6 is 35.6 Å². The Morgan fingerprint density at radius 1 is 1.10 bits per heavy atom. The van der Waals surface area contributed by atoms with Crippen molar-refractivity contribution in [3.05, 3.63) is 63.6 Å². The fraction of sp³-hybridized carbons (Fsp3) is 0.250. The van der Waals surface area contributed by atoms with Crippen LogP contribution in [0, 0.1) is 0 Å². The zero-order valence-electron chi connectivity index (χ0n) is 11.7. The number of rotatable bonds is 6. The highest BCUT2D eigenvalue weighted by Gasteiger charge is 2.03. The number of ether oxygens (including phenoxy) is 1. The first-order valence-corrected chi connectivity index (χ1v) is 7.31. The molecule has 0 aliphatic heterocycles. The largest absolute Gasteiger partial charge is 0.489 e. The van der Waals surface area contributed by atoms with Crippen LogP contribution < -0.4 is 10.1 Å². The molecule has 0 saturated carbocycles. The van der Waals surface area contributed by atoms with Crippen molar-refractivity contribution in [3.63, 3.8) is 0 Å². The smallest absolute Gasteiger partial charge is 0.120 e. The highest BCUT2D eigenvalue weighted by atomic mass is 35.5. The van der Waals surface area contributed by atoms with E-state index in [2.05, 4.69) is 18.3 Å². The summed E-state index contributed by atoms with van der Waals surface area (Å²) in [5.41, 5.74) is 2.12. The molecule has 0 atom stereocenters. The summed E-state index contributed by atoms with van der Waals surface area (Å²) in [5.74, 6) is 0.839. The number of halogens is 3. The molecule has 21 heavy (non-hydrogen) atoms. The first-order chi connectivity index (χ1) is 9.69. The average molecular weight is 347 g/mol. The molecular formula is C16H18Cl3NO. The minimum absolute atomic E-state index is 0. The van der Waals surface area contributed by atoms with Crippen LogP contribution in [-0.2, 0) is 13.2 Å². The van der Waals surface area contributed by atoms with Crippen molar-refractivity contribution >= 4 is 35.6 Å². The van der Waals surface area contributed by atoms with Crippen LogP contribution in [0.25, 0.3) is 0 Å². The quantitative estimate of drug-likeness (QED) is 0.785.